The summed E-state index contributed by atoms with van der Waals surface area (Å²) in [6.07, 6.45) is 0. The van der Waals surface area contributed by atoms with E-state index < -0.39 is 0 Å². The Balaban J connectivity index is 2.79. The standard InChI is InChI=1S/C9H15NO2/c1-6-4-8(7(2)12-6)9(10)5-11-3/h4,9H,5,10H2,1-3H3/t9-/m0/s1. The van der Waals surface area contributed by atoms with E-state index in [1.807, 2.05) is 19.9 Å². The Morgan fingerprint density at radius 2 is 2.25 bits per heavy atom. The van der Waals surface area contributed by atoms with Crippen LogP contribution in [0.3, 0.4) is 0 Å². The molecule has 0 spiro atoms. The average molecular weight is 169 g/mol. The average Bonchev–Trinajstić information content (AvgIpc) is 2.30. The molecule has 0 saturated heterocycles. The molecule has 0 saturated carbocycles. The first-order valence-corrected chi connectivity index (χ1v) is 3.96. The Hall–Kier alpha value is -0.800. The molecule has 12 heavy (non-hydrogen) atoms. The number of furan rings is 1. The van der Waals surface area contributed by atoms with Gasteiger partial charge in [0.25, 0.3) is 0 Å². The second-order valence-electron chi connectivity index (χ2n) is 2.93. The van der Waals surface area contributed by atoms with Gasteiger partial charge in [0.2, 0.25) is 0 Å². The third-order valence-electron chi connectivity index (χ3n) is 1.83. The van der Waals surface area contributed by atoms with Gasteiger partial charge < -0.3 is 14.9 Å². The second kappa shape index (κ2) is 3.74. The smallest absolute Gasteiger partial charge is 0.105 e. The van der Waals surface area contributed by atoms with Gasteiger partial charge in [0.05, 0.1) is 12.6 Å². The maximum atomic E-state index is 5.83. The zero-order chi connectivity index (χ0) is 9.14. The largest absolute Gasteiger partial charge is 0.466 e. The van der Waals surface area contributed by atoms with Crippen molar-refractivity contribution in [2.24, 2.45) is 5.73 Å². The van der Waals surface area contributed by atoms with Crippen molar-refractivity contribution < 1.29 is 9.15 Å². The lowest BCUT2D eigenvalue weighted by atomic mass is 10.1. The maximum absolute atomic E-state index is 5.83. The first-order valence-electron chi connectivity index (χ1n) is 3.96. The number of nitrogens with two attached hydrogens (primary N) is 1. The highest BCUT2D eigenvalue weighted by Gasteiger charge is 2.12. The Labute approximate surface area is 72.5 Å². The van der Waals surface area contributed by atoms with Gasteiger partial charge in [0, 0.05) is 12.7 Å². The van der Waals surface area contributed by atoms with Gasteiger partial charge in [0.1, 0.15) is 11.5 Å². The van der Waals surface area contributed by atoms with Gasteiger partial charge in [0.15, 0.2) is 0 Å². The van der Waals surface area contributed by atoms with Crippen molar-refractivity contribution >= 4 is 0 Å². The summed E-state index contributed by atoms with van der Waals surface area (Å²) >= 11 is 0. The third kappa shape index (κ3) is 1.87. The van der Waals surface area contributed by atoms with Crippen molar-refractivity contribution in [3.8, 4) is 0 Å². The number of aryl methyl sites for hydroxylation is 2. The van der Waals surface area contributed by atoms with Crippen molar-refractivity contribution in [3.05, 3.63) is 23.2 Å². The van der Waals surface area contributed by atoms with Crippen LogP contribution < -0.4 is 5.73 Å². The molecule has 1 heterocycles. The maximum Gasteiger partial charge on any atom is 0.105 e. The fraction of sp³-hybridized carbons (Fsp3) is 0.556. The highest BCUT2D eigenvalue weighted by molar-refractivity contribution is 5.23. The molecule has 0 aliphatic rings. The normalized spacial score (nSPS) is 13.3. The molecule has 0 aromatic carbocycles. The lowest BCUT2D eigenvalue weighted by molar-refractivity contribution is 0.180. The third-order valence-corrected chi connectivity index (χ3v) is 1.83. The first kappa shape index (κ1) is 9.29. The van der Waals surface area contributed by atoms with Crippen LogP contribution in [0, 0.1) is 13.8 Å². The van der Waals surface area contributed by atoms with Gasteiger partial charge in [-0.3, -0.25) is 0 Å². The summed E-state index contributed by atoms with van der Waals surface area (Å²) in [4.78, 5) is 0. The number of hydrogen-bond acceptors (Lipinski definition) is 3. The van der Waals surface area contributed by atoms with Crippen molar-refractivity contribution in [1.29, 1.82) is 0 Å². The van der Waals surface area contributed by atoms with Crippen LogP contribution in [-0.2, 0) is 4.74 Å². The second-order valence-corrected chi connectivity index (χ2v) is 2.93. The number of methoxy groups -OCH3 is 1. The van der Waals surface area contributed by atoms with Gasteiger partial charge in [-0.05, 0) is 19.9 Å². The summed E-state index contributed by atoms with van der Waals surface area (Å²) in [6, 6.07) is 1.88. The first-order chi connectivity index (χ1) is 5.65. The van der Waals surface area contributed by atoms with Gasteiger partial charge in [-0.25, -0.2) is 0 Å². The van der Waals surface area contributed by atoms with Crippen LogP contribution in [0.1, 0.15) is 23.1 Å². The minimum atomic E-state index is -0.0764. The van der Waals surface area contributed by atoms with Crippen molar-refractivity contribution in [3.63, 3.8) is 0 Å². The summed E-state index contributed by atoms with van der Waals surface area (Å²) in [6.45, 7) is 4.35. The van der Waals surface area contributed by atoms with E-state index in [1.165, 1.54) is 0 Å². The fourth-order valence-corrected chi connectivity index (χ4v) is 1.29. The van der Waals surface area contributed by atoms with Crippen LogP contribution in [0.15, 0.2) is 10.5 Å². The molecule has 1 rings (SSSR count). The molecule has 3 heteroatoms. The fourth-order valence-electron chi connectivity index (χ4n) is 1.29. The van der Waals surface area contributed by atoms with Gasteiger partial charge in [-0.2, -0.15) is 0 Å². The van der Waals surface area contributed by atoms with Crippen molar-refractivity contribution in [2.45, 2.75) is 19.9 Å². The molecule has 1 aromatic rings. The van der Waals surface area contributed by atoms with Crippen LogP contribution in [0.4, 0.5) is 0 Å². The Morgan fingerprint density at radius 3 is 2.67 bits per heavy atom. The summed E-state index contributed by atoms with van der Waals surface area (Å²) in [5.74, 6) is 1.78. The highest BCUT2D eigenvalue weighted by Crippen LogP contribution is 2.19. The van der Waals surface area contributed by atoms with E-state index in [0.29, 0.717) is 6.61 Å². The van der Waals surface area contributed by atoms with E-state index in [9.17, 15) is 0 Å². The number of hydrogen-bond donors (Lipinski definition) is 1. The topological polar surface area (TPSA) is 48.4 Å². The zero-order valence-electron chi connectivity index (χ0n) is 7.76. The zero-order valence-corrected chi connectivity index (χ0v) is 7.76. The molecule has 0 fully saturated rings. The van der Waals surface area contributed by atoms with E-state index in [-0.39, 0.29) is 6.04 Å². The van der Waals surface area contributed by atoms with E-state index in [0.717, 1.165) is 17.1 Å². The molecule has 3 nitrogen and oxygen atoms in total. The van der Waals surface area contributed by atoms with Crippen molar-refractivity contribution in [2.75, 3.05) is 13.7 Å². The number of ether oxygens (including phenoxy) is 1. The lowest BCUT2D eigenvalue weighted by Crippen LogP contribution is -2.16. The lowest BCUT2D eigenvalue weighted by Gasteiger charge is -2.07. The molecule has 0 amide bonds. The molecule has 0 bridgehead atoms. The monoisotopic (exact) mass is 169 g/mol. The van der Waals surface area contributed by atoms with Crippen LogP contribution in [0.2, 0.25) is 0 Å². The van der Waals surface area contributed by atoms with Gasteiger partial charge in [-0.1, -0.05) is 0 Å². The van der Waals surface area contributed by atoms with Crippen LogP contribution in [0.5, 0.6) is 0 Å². The Bertz CT molecular complexity index is 255. The summed E-state index contributed by atoms with van der Waals surface area (Å²) in [5.41, 5.74) is 6.87. The Morgan fingerprint density at radius 1 is 1.58 bits per heavy atom. The van der Waals surface area contributed by atoms with Crippen LogP contribution in [-0.4, -0.2) is 13.7 Å². The predicted molar refractivity (Wildman–Crippen MR) is 47.0 cm³/mol. The molecule has 0 radical (unpaired) electrons. The predicted octanol–water partition coefficient (Wildman–Crippen LogP) is 1.54. The van der Waals surface area contributed by atoms with E-state index >= 15 is 0 Å². The molecule has 0 aliphatic carbocycles. The van der Waals surface area contributed by atoms with E-state index in [1.54, 1.807) is 7.11 Å². The molecule has 68 valence electrons. The molecule has 0 unspecified atom stereocenters. The summed E-state index contributed by atoms with van der Waals surface area (Å²) in [5, 5.41) is 0. The van der Waals surface area contributed by atoms with Gasteiger partial charge in [-0.15, -0.1) is 0 Å². The molecule has 1 atom stereocenters. The minimum Gasteiger partial charge on any atom is -0.466 e. The molecular formula is C9H15NO2. The molecule has 0 aliphatic heterocycles. The van der Waals surface area contributed by atoms with Gasteiger partial charge >= 0.3 is 0 Å². The molecule has 2 N–H and O–H groups in total. The number of rotatable bonds is 3. The summed E-state index contributed by atoms with van der Waals surface area (Å²) < 4.78 is 10.3. The molecular weight excluding hydrogens is 154 g/mol. The minimum absolute atomic E-state index is 0.0764. The quantitative estimate of drug-likeness (QED) is 0.746. The van der Waals surface area contributed by atoms with Crippen molar-refractivity contribution in [1.82, 2.24) is 0 Å². The van der Waals surface area contributed by atoms with E-state index in [2.05, 4.69) is 0 Å². The summed E-state index contributed by atoms with van der Waals surface area (Å²) in [7, 11) is 1.64. The highest BCUT2D eigenvalue weighted by atomic mass is 16.5. The van der Waals surface area contributed by atoms with Crippen LogP contribution >= 0.6 is 0 Å². The SMILES string of the molecule is COC[C@H](N)c1cc(C)oc1C. The Kier molecular flexibility index (Phi) is 2.89. The van der Waals surface area contributed by atoms with Crippen LogP contribution in [0.25, 0.3) is 0 Å². The molecule has 1 aromatic heterocycles. The van der Waals surface area contributed by atoms with E-state index in [4.69, 9.17) is 14.9 Å².